The Morgan fingerprint density at radius 2 is 1.08 bits per heavy atom. The van der Waals surface area contributed by atoms with Crippen molar-refractivity contribution in [2.24, 2.45) is 0 Å². The predicted octanol–water partition coefficient (Wildman–Crippen LogP) is 9.96. The van der Waals surface area contributed by atoms with Gasteiger partial charge in [-0.1, -0.05) is 142 Å². The third-order valence-electron chi connectivity index (χ3n) is 8.40. The molecule has 1 aliphatic heterocycles. The highest BCUT2D eigenvalue weighted by Gasteiger charge is 2.45. The highest BCUT2D eigenvalue weighted by Crippen LogP contribution is 2.27. The molecule has 0 aromatic carbocycles. The zero-order valence-electron chi connectivity index (χ0n) is 33.5. The molecule has 288 valence electrons. The second-order valence-electron chi connectivity index (χ2n) is 14.7. The first-order valence-electron chi connectivity index (χ1n) is 18.5. The van der Waals surface area contributed by atoms with Crippen molar-refractivity contribution in [3.63, 3.8) is 0 Å². The molecule has 0 aromatic heterocycles. The topological polar surface area (TPSA) is 99.4 Å². The van der Waals surface area contributed by atoms with Gasteiger partial charge in [0.25, 0.3) is 0 Å². The molecule has 0 aliphatic carbocycles. The quantitative estimate of drug-likeness (QED) is 0.0740. The van der Waals surface area contributed by atoms with Gasteiger partial charge in [-0.05, 0) is 101 Å². The van der Waals surface area contributed by atoms with Crippen LogP contribution in [0, 0.1) is 0 Å². The van der Waals surface area contributed by atoms with E-state index < -0.39 is 42.9 Å². The summed E-state index contributed by atoms with van der Waals surface area (Å²) in [4.78, 5) is 0. The molecule has 52 heavy (non-hydrogen) atoms. The zero-order valence-corrected chi connectivity index (χ0v) is 33.5. The summed E-state index contributed by atoms with van der Waals surface area (Å²) >= 11 is 0. The zero-order chi connectivity index (χ0) is 39.1. The van der Waals surface area contributed by atoms with Crippen LogP contribution in [0.1, 0.15) is 101 Å². The van der Waals surface area contributed by atoms with Crippen molar-refractivity contribution < 1.29 is 29.9 Å². The second kappa shape index (κ2) is 25.6. The minimum Gasteiger partial charge on any atom is -0.394 e. The molecule has 0 amide bonds. The van der Waals surface area contributed by atoms with Crippen LogP contribution in [0.4, 0.5) is 0 Å². The van der Waals surface area contributed by atoms with Gasteiger partial charge in [-0.3, -0.25) is 0 Å². The molecule has 1 fully saturated rings. The summed E-state index contributed by atoms with van der Waals surface area (Å²) in [5, 5.41) is 39.7. The minimum atomic E-state index is -1.46. The van der Waals surface area contributed by atoms with Crippen LogP contribution in [-0.2, 0) is 9.47 Å². The Morgan fingerprint density at radius 1 is 0.596 bits per heavy atom. The number of rotatable bonds is 20. The van der Waals surface area contributed by atoms with Gasteiger partial charge in [0.15, 0.2) is 6.29 Å². The summed E-state index contributed by atoms with van der Waals surface area (Å²) in [6.07, 6.45) is 34.3. The fraction of sp³-hybridized carbons (Fsp3) is 0.478. The first kappa shape index (κ1) is 46.7. The SMILES string of the molecule is CC(C)=CCC/C(C)=C/CC/C(C)=C/C=C/C(C)=C/C=C/C=C(C)/C=C/C=C(C)/C=C/C=C(C)/C=C/CC(C)(C)O[C@@H]1O[C@H](CO)[C@@H](O)[C@H](O)[C@H]1O. The Kier molecular flexibility index (Phi) is 23.0. The number of hydrogen-bond acceptors (Lipinski definition) is 6. The largest absolute Gasteiger partial charge is 0.394 e. The number of ether oxygens (including phenoxy) is 2. The Balaban J connectivity index is 2.53. The highest BCUT2D eigenvalue weighted by molar-refractivity contribution is 5.32. The molecule has 0 radical (unpaired) electrons. The smallest absolute Gasteiger partial charge is 0.187 e. The lowest BCUT2D eigenvalue weighted by atomic mass is 9.98. The lowest BCUT2D eigenvalue weighted by Gasteiger charge is -2.42. The highest BCUT2D eigenvalue weighted by atomic mass is 16.7. The van der Waals surface area contributed by atoms with Crippen LogP contribution in [-0.4, -0.2) is 63.3 Å². The maximum atomic E-state index is 10.3. The van der Waals surface area contributed by atoms with E-state index in [0.717, 1.165) is 42.4 Å². The first-order valence-corrected chi connectivity index (χ1v) is 18.5. The normalized spacial score (nSPS) is 23.8. The van der Waals surface area contributed by atoms with Gasteiger partial charge in [-0.2, -0.15) is 0 Å². The van der Waals surface area contributed by atoms with Gasteiger partial charge < -0.3 is 29.9 Å². The Hall–Kier alpha value is -3.36. The van der Waals surface area contributed by atoms with Crippen LogP contribution in [0.15, 0.2) is 142 Å². The molecule has 5 atom stereocenters. The fourth-order valence-corrected chi connectivity index (χ4v) is 5.08. The molecule has 1 saturated heterocycles. The lowest BCUT2D eigenvalue weighted by molar-refractivity contribution is -0.322. The van der Waals surface area contributed by atoms with Crippen LogP contribution in [0.3, 0.4) is 0 Å². The molecule has 0 saturated carbocycles. The second-order valence-corrected chi connectivity index (χ2v) is 14.7. The summed E-state index contributed by atoms with van der Waals surface area (Å²) in [6.45, 7) is 20.2. The van der Waals surface area contributed by atoms with Crippen LogP contribution in [0.5, 0.6) is 0 Å². The van der Waals surface area contributed by atoms with Crippen molar-refractivity contribution >= 4 is 0 Å². The summed E-state index contributed by atoms with van der Waals surface area (Å²) in [7, 11) is 0. The number of hydrogen-bond donors (Lipinski definition) is 4. The molecule has 1 heterocycles. The van der Waals surface area contributed by atoms with Crippen molar-refractivity contribution in [1.82, 2.24) is 0 Å². The van der Waals surface area contributed by atoms with Gasteiger partial charge >= 0.3 is 0 Å². The van der Waals surface area contributed by atoms with E-state index in [1.807, 2.05) is 51.2 Å². The van der Waals surface area contributed by atoms with Gasteiger partial charge in [0.05, 0.1) is 12.2 Å². The van der Waals surface area contributed by atoms with Crippen LogP contribution < -0.4 is 0 Å². The molecule has 0 spiro atoms. The average molecular weight is 717 g/mol. The van der Waals surface area contributed by atoms with Gasteiger partial charge in [0.1, 0.15) is 24.4 Å². The van der Waals surface area contributed by atoms with Crippen LogP contribution >= 0.6 is 0 Å². The van der Waals surface area contributed by atoms with Crippen LogP contribution in [0.25, 0.3) is 0 Å². The molecule has 1 aliphatic rings. The van der Waals surface area contributed by atoms with Gasteiger partial charge in [-0.15, -0.1) is 0 Å². The Bertz CT molecular complexity index is 1450. The van der Waals surface area contributed by atoms with Crippen molar-refractivity contribution in [3.05, 3.63) is 142 Å². The van der Waals surface area contributed by atoms with Gasteiger partial charge in [0.2, 0.25) is 0 Å². The molecule has 0 bridgehead atoms. The van der Waals surface area contributed by atoms with E-state index in [4.69, 9.17) is 9.47 Å². The third kappa shape index (κ3) is 21.2. The van der Waals surface area contributed by atoms with E-state index in [2.05, 4.69) is 121 Å². The Morgan fingerprint density at radius 3 is 1.62 bits per heavy atom. The number of allylic oxidation sites excluding steroid dienone is 23. The van der Waals surface area contributed by atoms with Crippen molar-refractivity contribution in [3.8, 4) is 0 Å². The molecular weight excluding hydrogens is 649 g/mol. The minimum absolute atomic E-state index is 0.492. The van der Waals surface area contributed by atoms with E-state index in [1.165, 1.54) is 22.3 Å². The fourth-order valence-electron chi connectivity index (χ4n) is 5.08. The van der Waals surface area contributed by atoms with Crippen molar-refractivity contribution in [1.29, 1.82) is 0 Å². The third-order valence-corrected chi connectivity index (χ3v) is 8.40. The maximum absolute atomic E-state index is 10.3. The van der Waals surface area contributed by atoms with Gasteiger partial charge in [-0.25, -0.2) is 0 Å². The van der Waals surface area contributed by atoms with Crippen molar-refractivity contribution in [2.45, 2.75) is 138 Å². The summed E-state index contributed by atoms with van der Waals surface area (Å²) in [5.41, 5.74) is 8.07. The van der Waals surface area contributed by atoms with E-state index >= 15 is 0 Å². The van der Waals surface area contributed by atoms with E-state index in [-0.39, 0.29) is 0 Å². The van der Waals surface area contributed by atoms with E-state index in [1.54, 1.807) is 0 Å². The molecule has 6 nitrogen and oxygen atoms in total. The summed E-state index contributed by atoms with van der Waals surface area (Å²) in [5.74, 6) is 0. The van der Waals surface area contributed by atoms with Crippen molar-refractivity contribution in [2.75, 3.05) is 6.61 Å². The number of aliphatic hydroxyl groups is 4. The summed E-state index contributed by atoms with van der Waals surface area (Å²) in [6, 6.07) is 0. The Labute approximate surface area is 315 Å². The number of aliphatic hydroxyl groups excluding tert-OH is 4. The molecule has 0 unspecified atom stereocenters. The average Bonchev–Trinajstić information content (AvgIpc) is 3.06. The van der Waals surface area contributed by atoms with E-state index in [0.29, 0.717) is 6.42 Å². The van der Waals surface area contributed by atoms with Crippen LogP contribution in [0.2, 0.25) is 0 Å². The maximum Gasteiger partial charge on any atom is 0.187 e. The molecule has 6 heteroatoms. The lowest BCUT2D eigenvalue weighted by Crippen LogP contribution is -2.60. The predicted molar refractivity (Wildman–Crippen MR) is 220 cm³/mol. The van der Waals surface area contributed by atoms with E-state index in [9.17, 15) is 20.4 Å². The summed E-state index contributed by atoms with van der Waals surface area (Å²) < 4.78 is 11.4. The molecule has 4 N–H and O–H groups in total. The van der Waals surface area contributed by atoms with Gasteiger partial charge in [0, 0.05) is 0 Å². The molecule has 0 aromatic rings. The molecule has 1 rings (SSSR count). The monoisotopic (exact) mass is 717 g/mol. The first-order chi connectivity index (χ1) is 24.5. The standard InChI is InChI=1S/C46H68O6/c1-34(2)19-13-22-37(5)25-16-28-38(6)26-14-23-35(3)20-11-12-21-36(4)24-15-27-39(7)29-17-30-40(8)31-18-32-46(9,10)52-45-44(50)43(49)42(48)41(33-47)51-45/h11-12,14-15,17-21,23-27,29-31,41-45,47-50H,13,16,22,28,32-33H2,1-10H3/b12-11+,23-14+,24-15+,29-17+,31-18+,35-20+,36-21+,37-25+,38-26+,39-27+,40-30+/t41-,42-,43+,44-,45+/m1/s1. The molecular formula is C46H68O6.